The molecule has 1 N–H and O–H groups in total. The summed E-state index contributed by atoms with van der Waals surface area (Å²) in [6.07, 6.45) is 3.56. The molecule has 27 heavy (non-hydrogen) atoms. The molecule has 2 heterocycles. The third-order valence-electron chi connectivity index (χ3n) is 5.59. The van der Waals surface area contributed by atoms with Gasteiger partial charge in [-0.1, -0.05) is 31.2 Å². The molecule has 1 unspecified atom stereocenters. The lowest BCUT2D eigenvalue weighted by Crippen LogP contribution is -2.48. The summed E-state index contributed by atoms with van der Waals surface area (Å²) in [4.78, 5) is 14.7. The summed E-state index contributed by atoms with van der Waals surface area (Å²) in [5, 5.41) is 3.37. The lowest BCUT2D eigenvalue weighted by atomic mass is 10.0. The van der Waals surface area contributed by atoms with Gasteiger partial charge in [-0.3, -0.25) is 4.79 Å². The number of amides is 1. The van der Waals surface area contributed by atoms with Gasteiger partial charge in [0.05, 0.1) is 11.8 Å². The molecule has 2 aliphatic rings. The van der Waals surface area contributed by atoms with Crippen molar-refractivity contribution in [3.63, 3.8) is 0 Å². The Morgan fingerprint density at radius 1 is 1.15 bits per heavy atom. The largest absolute Gasteiger partial charge is 0.333 e. The molecule has 2 aliphatic heterocycles. The fourth-order valence-electron chi connectivity index (χ4n) is 3.92. The number of hydrogen-bond donors (Lipinski definition) is 1. The van der Waals surface area contributed by atoms with E-state index in [0.29, 0.717) is 26.1 Å². The van der Waals surface area contributed by atoms with Gasteiger partial charge in [-0.2, -0.15) is 0 Å². The van der Waals surface area contributed by atoms with Gasteiger partial charge >= 0.3 is 0 Å². The van der Waals surface area contributed by atoms with Gasteiger partial charge in [0, 0.05) is 39.1 Å². The van der Waals surface area contributed by atoms with E-state index in [4.69, 9.17) is 0 Å². The van der Waals surface area contributed by atoms with Crippen LogP contribution in [0.1, 0.15) is 49.8 Å². The lowest BCUT2D eigenvalue weighted by molar-refractivity contribution is -0.134. The molecule has 3 rings (SSSR count). The van der Waals surface area contributed by atoms with Gasteiger partial charge in [-0.05, 0) is 36.8 Å². The Kier molecular flexibility index (Phi) is 6.89. The number of sulfonamides is 1. The number of carbonyl (C=O) groups is 1. The molecule has 0 aliphatic carbocycles. The summed E-state index contributed by atoms with van der Waals surface area (Å²) >= 11 is 0. The standard InChI is InChI=1S/C20H31N3O3S/c1-2-17-7-9-18(10-8-17)19-16-21-11-14-23(19)20(24)6-5-15-27(25,26)22-12-3-4-13-22/h7-10,19,21H,2-6,11-16H2,1H3. The van der Waals surface area contributed by atoms with E-state index in [-0.39, 0.29) is 24.1 Å². The third kappa shape index (κ3) is 5.09. The maximum atomic E-state index is 12.8. The molecule has 150 valence electrons. The lowest BCUT2D eigenvalue weighted by Gasteiger charge is -2.37. The average Bonchev–Trinajstić information content (AvgIpc) is 3.24. The Balaban J connectivity index is 1.58. The third-order valence-corrected chi connectivity index (χ3v) is 7.54. The van der Waals surface area contributed by atoms with Crippen LogP contribution in [-0.2, 0) is 21.2 Å². The molecule has 2 fully saturated rings. The fourth-order valence-corrected chi connectivity index (χ4v) is 5.50. The second-order valence-corrected chi connectivity index (χ2v) is 9.52. The van der Waals surface area contributed by atoms with Gasteiger partial charge in [0.2, 0.25) is 15.9 Å². The van der Waals surface area contributed by atoms with E-state index in [2.05, 4.69) is 36.5 Å². The molecule has 1 atom stereocenters. The highest BCUT2D eigenvalue weighted by Gasteiger charge is 2.29. The van der Waals surface area contributed by atoms with Crippen LogP contribution >= 0.6 is 0 Å². The normalized spacial score (nSPS) is 21.5. The van der Waals surface area contributed by atoms with Gasteiger partial charge in [0.25, 0.3) is 0 Å². The first kappa shape index (κ1) is 20.3. The zero-order valence-corrected chi connectivity index (χ0v) is 17.0. The maximum absolute atomic E-state index is 12.8. The van der Waals surface area contributed by atoms with Crippen LogP contribution in [0.2, 0.25) is 0 Å². The number of benzene rings is 1. The SMILES string of the molecule is CCc1ccc(C2CNCCN2C(=O)CCCS(=O)(=O)N2CCCC2)cc1. The molecular weight excluding hydrogens is 362 g/mol. The topological polar surface area (TPSA) is 69.7 Å². The van der Waals surface area contributed by atoms with Crippen LogP contribution in [0.5, 0.6) is 0 Å². The molecule has 0 saturated carbocycles. The van der Waals surface area contributed by atoms with Crippen LogP contribution in [-0.4, -0.2) is 62.0 Å². The molecule has 2 saturated heterocycles. The Morgan fingerprint density at radius 2 is 1.85 bits per heavy atom. The molecule has 0 spiro atoms. The van der Waals surface area contributed by atoms with E-state index < -0.39 is 10.0 Å². The Labute approximate surface area is 163 Å². The summed E-state index contributed by atoms with van der Waals surface area (Å²) < 4.78 is 26.2. The molecule has 1 amide bonds. The maximum Gasteiger partial charge on any atom is 0.223 e. The first-order valence-electron chi connectivity index (χ1n) is 10.1. The predicted octanol–water partition coefficient (Wildman–Crippen LogP) is 1.93. The number of carbonyl (C=O) groups excluding carboxylic acids is 1. The minimum atomic E-state index is -3.21. The zero-order valence-electron chi connectivity index (χ0n) is 16.2. The van der Waals surface area contributed by atoms with Crippen molar-refractivity contribution in [1.82, 2.24) is 14.5 Å². The highest BCUT2D eigenvalue weighted by Crippen LogP contribution is 2.24. The summed E-state index contributed by atoms with van der Waals surface area (Å²) in [6.45, 7) is 5.57. The van der Waals surface area contributed by atoms with E-state index in [1.807, 2.05) is 4.90 Å². The Bertz CT molecular complexity index is 727. The monoisotopic (exact) mass is 393 g/mol. The van der Waals surface area contributed by atoms with E-state index in [0.717, 1.165) is 37.9 Å². The van der Waals surface area contributed by atoms with Crippen molar-refractivity contribution in [2.24, 2.45) is 0 Å². The van der Waals surface area contributed by atoms with Gasteiger partial charge in [0.15, 0.2) is 0 Å². The first-order valence-corrected chi connectivity index (χ1v) is 11.7. The van der Waals surface area contributed by atoms with Crippen LogP contribution in [0, 0.1) is 0 Å². The van der Waals surface area contributed by atoms with Gasteiger partial charge in [0.1, 0.15) is 0 Å². The van der Waals surface area contributed by atoms with E-state index in [1.54, 1.807) is 4.31 Å². The highest BCUT2D eigenvalue weighted by atomic mass is 32.2. The summed E-state index contributed by atoms with van der Waals surface area (Å²) in [6, 6.07) is 8.47. The van der Waals surface area contributed by atoms with E-state index in [9.17, 15) is 13.2 Å². The summed E-state index contributed by atoms with van der Waals surface area (Å²) in [5.74, 6) is 0.124. The summed E-state index contributed by atoms with van der Waals surface area (Å²) in [5.41, 5.74) is 2.42. The second kappa shape index (κ2) is 9.17. The van der Waals surface area contributed by atoms with Crippen molar-refractivity contribution >= 4 is 15.9 Å². The van der Waals surface area contributed by atoms with Crippen molar-refractivity contribution < 1.29 is 13.2 Å². The van der Waals surface area contributed by atoms with E-state index >= 15 is 0 Å². The number of nitrogens with zero attached hydrogens (tertiary/aromatic N) is 2. The first-order chi connectivity index (χ1) is 13.0. The number of piperazine rings is 1. The zero-order chi connectivity index (χ0) is 19.3. The van der Waals surface area contributed by atoms with Gasteiger partial charge < -0.3 is 10.2 Å². The number of nitrogens with one attached hydrogen (secondary N) is 1. The van der Waals surface area contributed by atoms with Crippen LogP contribution in [0.15, 0.2) is 24.3 Å². The molecule has 1 aromatic rings. The van der Waals surface area contributed by atoms with E-state index in [1.165, 1.54) is 5.56 Å². The summed E-state index contributed by atoms with van der Waals surface area (Å²) in [7, 11) is -3.21. The van der Waals surface area contributed by atoms with Crippen molar-refractivity contribution in [3.05, 3.63) is 35.4 Å². The van der Waals surface area contributed by atoms with Crippen LogP contribution in [0.4, 0.5) is 0 Å². The number of aryl methyl sites for hydroxylation is 1. The van der Waals surface area contributed by atoms with Crippen LogP contribution in [0.25, 0.3) is 0 Å². The number of hydrogen-bond acceptors (Lipinski definition) is 4. The smallest absolute Gasteiger partial charge is 0.223 e. The van der Waals surface area contributed by atoms with Gasteiger partial charge in [-0.25, -0.2) is 12.7 Å². The molecular formula is C20H31N3O3S. The van der Waals surface area contributed by atoms with Crippen LogP contribution < -0.4 is 5.32 Å². The Morgan fingerprint density at radius 3 is 2.52 bits per heavy atom. The average molecular weight is 394 g/mol. The van der Waals surface area contributed by atoms with Crippen LogP contribution in [0.3, 0.4) is 0 Å². The van der Waals surface area contributed by atoms with Gasteiger partial charge in [-0.15, -0.1) is 0 Å². The quantitative estimate of drug-likeness (QED) is 0.768. The molecule has 7 heteroatoms. The number of rotatable bonds is 7. The van der Waals surface area contributed by atoms with Crippen molar-refractivity contribution in [3.8, 4) is 0 Å². The molecule has 1 aromatic carbocycles. The molecule has 0 bridgehead atoms. The highest BCUT2D eigenvalue weighted by molar-refractivity contribution is 7.89. The van der Waals surface area contributed by atoms with Crippen molar-refractivity contribution in [2.45, 2.75) is 45.1 Å². The minimum absolute atomic E-state index is 0.0207. The fraction of sp³-hybridized carbons (Fsp3) is 0.650. The minimum Gasteiger partial charge on any atom is -0.333 e. The molecule has 0 aromatic heterocycles. The van der Waals surface area contributed by atoms with Crippen molar-refractivity contribution in [1.29, 1.82) is 0 Å². The second-order valence-electron chi connectivity index (χ2n) is 7.43. The Hall–Kier alpha value is -1.44. The van der Waals surface area contributed by atoms with Crippen molar-refractivity contribution in [2.75, 3.05) is 38.5 Å². The molecule has 0 radical (unpaired) electrons. The predicted molar refractivity (Wildman–Crippen MR) is 107 cm³/mol. The molecule has 6 nitrogen and oxygen atoms in total.